The summed E-state index contributed by atoms with van der Waals surface area (Å²) in [5.74, 6) is -1.65. The van der Waals surface area contributed by atoms with Crippen molar-refractivity contribution >= 4 is 17.8 Å². The van der Waals surface area contributed by atoms with Crippen molar-refractivity contribution < 1.29 is 29.0 Å². The van der Waals surface area contributed by atoms with Crippen LogP contribution in [0.15, 0.2) is 12.2 Å². The average molecular weight is 271 g/mol. The standard InChI is InChI=1S/C12H17NO6/c1-7(5-10(15)18-2)4-8-6-9(14)13(8)11(16)12(17)19-3/h8,11,16H,1,4-6H2,2-3H3/t8-,11?/m0/s1. The summed E-state index contributed by atoms with van der Waals surface area (Å²) in [6, 6.07) is -0.348. The Balaban J connectivity index is 2.55. The number of ether oxygens (including phenoxy) is 2. The molecule has 0 aliphatic carbocycles. The summed E-state index contributed by atoms with van der Waals surface area (Å²) in [4.78, 5) is 34.7. The first-order valence-electron chi connectivity index (χ1n) is 5.71. The van der Waals surface area contributed by atoms with E-state index in [1.165, 1.54) is 7.11 Å². The highest BCUT2D eigenvalue weighted by atomic mass is 16.5. The quantitative estimate of drug-likeness (QED) is 0.401. The van der Waals surface area contributed by atoms with Crippen LogP contribution < -0.4 is 0 Å². The van der Waals surface area contributed by atoms with Gasteiger partial charge in [-0.1, -0.05) is 12.2 Å². The minimum Gasteiger partial charge on any atom is -0.469 e. The highest BCUT2D eigenvalue weighted by Gasteiger charge is 2.43. The van der Waals surface area contributed by atoms with Crippen LogP contribution in [0.25, 0.3) is 0 Å². The molecule has 0 saturated carbocycles. The van der Waals surface area contributed by atoms with Gasteiger partial charge in [0.05, 0.1) is 20.6 Å². The minimum absolute atomic E-state index is 0.0450. The van der Waals surface area contributed by atoms with E-state index >= 15 is 0 Å². The Morgan fingerprint density at radius 1 is 1.47 bits per heavy atom. The van der Waals surface area contributed by atoms with Crippen molar-refractivity contribution in [3.8, 4) is 0 Å². The molecule has 1 saturated heterocycles. The number of likely N-dealkylation sites (tertiary alicyclic amines) is 1. The van der Waals surface area contributed by atoms with Gasteiger partial charge in [-0.15, -0.1) is 0 Å². The maximum absolute atomic E-state index is 11.4. The summed E-state index contributed by atoms with van der Waals surface area (Å²) < 4.78 is 8.87. The lowest BCUT2D eigenvalue weighted by Gasteiger charge is -2.42. The van der Waals surface area contributed by atoms with Crippen molar-refractivity contribution in [3.05, 3.63) is 12.2 Å². The average Bonchev–Trinajstić information content (AvgIpc) is 2.36. The lowest BCUT2D eigenvalue weighted by molar-refractivity contribution is -0.181. The summed E-state index contributed by atoms with van der Waals surface area (Å²) in [7, 11) is 2.40. The maximum Gasteiger partial charge on any atom is 0.356 e. The molecule has 1 heterocycles. The van der Waals surface area contributed by atoms with E-state index in [0.717, 1.165) is 12.0 Å². The zero-order valence-electron chi connectivity index (χ0n) is 10.9. The highest BCUT2D eigenvalue weighted by Crippen LogP contribution is 2.28. The summed E-state index contributed by atoms with van der Waals surface area (Å²) >= 11 is 0. The molecule has 0 aromatic rings. The smallest absolute Gasteiger partial charge is 0.356 e. The number of β-lactam (4-membered cyclic amide) rings is 1. The van der Waals surface area contributed by atoms with Crippen LogP contribution in [0, 0.1) is 0 Å². The van der Waals surface area contributed by atoms with Crippen molar-refractivity contribution in [3.63, 3.8) is 0 Å². The van der Waals surface area contributed by atoms with Crippen LogP contribution in [-0.2, 0) is 23.9 Å². The first-order chi connectivity index (χ1) is 8.90. The number of amides is 1. The number of methoxy groups -OCH3 is 2. The largest absolute Gasteiger partial charge is 0.469 e. The first-order valence-corrected chi connectivity index (χ1v) is 5.71. The fourth-order valence-electron chi connectivity index (χ4n) is 1.90. The van der Waals surface area contributed by atoms with Crippen LogP contribution in [-0.4, -0.2) is 54.3 Å². The number of aliphatic hydroxyl groups is 1. The molecule has 0 bridgehead atoms. The molecule has 0 aromatic carbocycles. The molecule has 0 spiro atoms. The van der Waals surface area contributed by atoms with Gasteiger partial charge in [0, 0.05) is 12.5 Å². The Labute approximate surface area is 110 Å². The molecular weight excluding hydrogens is 254 g/mol. The van der Waals surface area contributed by atoms with Gasteiger partial charge in [0.1, 0.15) is 0 Å². The molecule has 1 aliphatic heterocycles. The van der Waals surface area contributed by atoms with Crippen LogP contribution in [0.2, 0.25) is 0 Å². The molecular formula is C12H17NO6. The van der Waals surface area contributed by atoms with E-state index in [0.29, 0.717) is 12.0 Å². The van der Waals surface area contributed by atoms with Crippen molar-refractivity contribution in [2.24, 2.45) is 0 Å². The lowest BCUT2D eigenvalue weighted by Crippen LogP contribution is -2.60. The van der Waals surface area contributed by atoms with Crippen LogP contribution in [0.4, 0.5) is 0 Å². The van der Waals surface area contributed by atoms with E-state index in [2.05, 4.69) is 16.1 Å². The second kappa shape index (κ2) is 6.33. The Hall–Kier alpha value is -1.89. The minimum atomic E-state index is -1.61. The second-order valence-corrected chi connectivity index (χ2v) is 4.26. The second-order valence-electron chi connectivity index (χ2n) is 4.26. The van der Waals surface area contributed by atoms with Gasteiger partial charge in [0.2, 0.25) is 12.1 Å². The summed E-state index contributed by atoms with van der Waals surface area (Å²) in [5.41, 5.74) is 0.575. The number of nitrogens with zero attached hydrogens (tertiary/aromatic N) is 1. The Bertz CT molecular complexity index is 405. The number of hydrogen-bond acceptors (Lipinski definition) is 6. The van der Waals surface area contributed by atoms with E-state index in [1.807, 2.05) is 0 Å². The monoisotopic (exact) mass is 271 g/mol. The van der Waals surface area contributed by atoms with Crippen molar-refractivity contribution in [1.29, 1.82) is 0 Å². The molecule has 7 heteroatoms. The molecule has 106 valence electrons. The van der Waals surface area contributed by atoms with E-state index < -0.39 is 18.2 Å². The molecule has 19 heavy (non-hydrogen) atoms. The van der Waals surface area contributed by atoms with Gasteiger partial charge in [-0.25, -0.2) is 4.79 Å². The summed E-state index contributed by atoms with van der Waals surface area (Å²) in [5, 5.41) is 9.63. The first kappa shape index (κ1) is 15.2. The normalized spacial score (nSPS) is 19.4. The van der Waals surface area contributed by atoms with Gasteiger partial charge in [0.15, 0.2) is 0 Å². The molecule has 1 N–H and O–H groups in total. The molecule has 7 nitrogen and oxygen atoms in total. The number of carbonyl (C=O) groups excluding carboxylic acids is 3. The van der Waals surface area contributed by atoms with Crippen LogP contribution in [0.1, 0.15) is 19.3 Å². The van der Waals surface area contributed by atoms with Crippen molar-refractivity contribution in [1.82, 2.24) is 4.90 Å². The molecule has 0 aromatic heterocycles. The molecule has 1 rings (SSSR count). The highest BCUT2D eigenvalue weighted by molar-refractivity contribution is 5.88. The number of carbonyl (C=O) groups is 3. The zero-order valence-corrected chi connectivity index (χ0v) is 10.9. The third-order valence-corrected chi connectivity index (χ3v) is 2.91. The summed E-state index contributed by atoms with van der Waals surface area (Å²) in [6.45, 7) is 3.71. The number of aliphatic hydroxyl groups excluding tert-OH is 1. The molecule has 1 amide bonds. The Morgan fingerprint density at radius 2 is 2.11 bits per heavy atom. The van der Waals surface area contributed by atoms with Crippen molar-refractivity contribution in [2.75, 3.05) is 14.2 Å². The van der Waals surface area contributed by atoms with Gasteiger partial charge in [-0.05, 0) is 6.42 Å². The zero-order chi connectivity index (χ0) is 14.6. The third kappa shape index (κ3) is 3.54. The SMILES string of the molecule is C=C(CC(=O)OC)C[C@H]1CC(=O)N1C(O)C(=O)OC. The van der Waals surface area contributed by atoms with Gasteiger partial charge in [-0.3, -0.25) is 9.59 Å². The fourth-order valence-corrected chi connectivity index (χ4v) is 1.90. The van der Waals surface area contributed by atoms with Gasteiger partial charge < -0.3 is 19.5 Å². The summed E-state index contributed by atoms with van der Waals surface area (Å²) in [6.07, 6.45) is -1.03. The van der Waals surface area contributed by atoms with Gasteiger partial charge in [0.25, 0.3) is 0 Å². The van der Waals surface area contributed by atoms with Crippen LogP contribution >= 0.6 is 0 Å². The molecule has 1 unspecified atom stereocenters. The number of rotatable bonds is 6. The van der Waals surface area contributed by atoms with Crippen LogP contribution in [0.5, 0.6) is 0 Å². The lowest BCUT2D eigenvalue weighted by atomic mass is 9.93. The van der Waals surface area contributed by atoms with Gasteiger partial charge in [-0.2, -0.15) is 0 Å². The molecule has 2 atom stereocenters. The fraction of sp³-hybridized carbons (Fsp3) is 0.583. The molecule has 0 radical (unpaired) electrons. The van der Waals surface area contributed by atoms with E-state index in [-0.39, 0.29) is 24.8 Å². The maximum atomic E-state index is 11.4. The van der Waals surface area contributed by atoms with E-state index in [1.54, 1.807) is 0 Å². The molecule has 1 aliphatic rings. The van der Waals surface area contributed by atoms with E-state index in [4.69, 9.17) is 0 Å². The Kier molecular flexibility index (Phi) is 5.05. The van der Waals surface area contributed by atoms with Crippen LogP contribution in [0.3, 0.4) is 0 Å². The number of hydrogen-bond donors (Lipinski definition) is 1. The third-order valence-electron chi connectivity index (χ3n) is 2.91. The topological polar surface area (TPSA) is 93.1 Å². The predicted molar refractivity (Wildman–Crippen MR) is 63.7 cm³/mol. The van der Waals surface area contributed by atoms with Gasteiger partial charge >= 0.3 is 11.9 Å². The predicted octanol–water partition coefficient (Wildman–Crippen LogP) is -0.412. The van der Waals surface area contributed by atoms with E-state index in [9.17, 15) is 19.5 Å². The Morgan fingerprint density at radius 3 is 2.58 bits per heavy atom. The molecule has 1 fully saturated rings. The number of esters is 2. The van der Waals surface area contributed by atoms with Crippen molar-refractivity contribution in [2.45, 2.75) is 31.5 Å².